The molecule has 1 unspecified atom stereocenters. The minimum atomic E-state index is -0.328. The van der Waals surface area contributed by atoms with Crippen molar-refractivity contribution in [2.24, 2.45) is 0 Å². The van der Waals surface area contributed by atoms with Gasteiger partial charge in [-0.2, -0.15) is 5.10 Å². The number of hydrogen-bond donors (Lipinski definition) is 0. The molecule has 1 saturated heterocycles. The standard InChI is InChI=1S/C17H18N6O2/c1-11-8-12(2)21-15(20-11)14-10-22(6-7-25-14)17(24)13-9-19-23-5-3-4-18-16(13)23/h3-5,8-9,14H,6-7,10H2,1-2H3. The van der Waals surface area contributed by atoms with Gasteiger partial charge in [0.1, 0.15) is 11.7 Å². The molecule has 1 aliphatic heterocycles. The van der Waals surface area contributed by atoms with Crippen LogP contribution < -0.4 is 0 Å². The van der Waals surface area contributed by atoms with Crippen LogP contribution in [-0.4, -0.2) is 55.1 Å². The highest BCUT2D eigenvalue weighted by Gasteiger charge is 2.29. The molecule has 4 heterocycles. The van der Waals surface area contributed by atoms with Crippen LogP contribution in [0.1, 0.15) is 33.7 Å². The van der Waals surface area contributed by atoms with Crippen molar-refractivity contribution in [2.45, 2.75) is 20.0 Å². The first-order valence-corrected chi connectivity index (χ1v) is 8.13. The van der Waals surface area contributed by atoms with Crippen LogP contribution in [0.2, 0.25) is 0 Å². The van der Waals surface area contributed by atoms with E-state index in [2.05, 4.69) is 20.1 Å². The maximum atomic E-state index is 12.9. The molecule has 1 atom stereocenters. The third-order valence-electron chi connectivity index (χ3n) is 4.15. The Hall–Kier alpha value is -2.87. The second kappa shape index (κ2) is 6.21. The van der Waals surface area contributed by atoms with Crippen LogP contribution in [0.25, 0.3) is 5.65 Å². The number of carbonyl (C=O) groups is 1. The maximum Gasteiger partial charge on any atom is 0.259 e. The Labute approximate surface area is 144 Å². The summed E-state index contributed by atoms with van der Waals surface area (Å²) in [7, 11) is 0. The fourth-order valence-corrected chi connectivity index (χ4v) is 3.04. The van der Waals surface area contributed by atoms with Gasteiger partial charge in [-0.3, -0.25) is 4.79 Å². The van der Waals surface area contributed by atoms with E-state index in [0.29, 0.717) is 36.7 Å². The highest BCUT2D eigenvalue weighted by molar-refractivity contribution is 5.99. The summed E-state index contributed by atoms with van der Waals surface area (Å²) in [4.78, 5) is 27.8. The monoisotopic (exact) mass is 338 g/mol. The fraction of sp³-hybridized carbons (Fsp3) is 0.353. The average molecular weight is 338 g/mol. The second-order valence-corrected chi connectivity index (χ2v) is 6.07. The molecular weight excluding hydrogens is 320 g/mol. The van der Waals surface area contributed by atoms with Gasteiger partial charge in [-0.25, -0.2) is 19.5 Å². The Morgan fingerprint density at radius 2 is 2.08 bits per heavy atom. The first kappa shape index (κ1) is 15.6. The van der Waals surface area contributed by atoms with Crippen molar-refractivity contribution in [1.29, 1.82) is 0 Å². The number of rotatable bonds is 2. The lowest BCUT2D eigenvalue weighted by Gasteiger charge is -2.32. The summed E-state index contributed by atoms with van der Waals surface area (Å²) in [5.41, 5.74) is 2.82. The van der Waals surface area contributed by atoms with Gasteiger partial charge in [0.05, 0.1) is 19.3 Å². The molecule has 0 saturated carbocycles. The van der Waals surface area contributed by atoms with Crippen LogP contribution >= 0.6 is 0 Å². The number of aryl methyl sites for hydroxylation is 2. The highest BCUT2D eigenvalue weighted by Crippen LogP contribution is 2.22. The van der Waals surface area contributed by atoms with Crippen molar-refractivity contribution < 1.29 is 9.53 Å². The number of hydrogen-bond acceptors (Lipinski definition) is 6. The van der Waals surface area contributed by atoms with Gasteiger partial charge < -0.3 is 9.64 Å². The van der Waals surface area contributed by atoms with Crippen molar-refractivity contribution >= 4 is 11.6 Å². The van der Waals surface area contributed by atoms with E-state index in [0.717, 1.165) is 11.4 Å². The van der Waals surface area contributed by atoms with E-state index in [9.17, 15) is 4.79 Å². The normalized spacial score (nSPS) is 17.8. The average Bonchev–Trinajstić information content (AvgIpc) is 3.04. The number of morpholine rings is 1. The molecule has 8 heteroatoms. The van der Waals surface area contributed by atoms with Crippen LogP contribution in [-0.2, 0) is 4.74 Å². The zero-order chi connectivity index (χ0) is 17.4. The van der Waals surface area contributed by atoms with Gasteiger partial charge >= 0.3 is 0 Å². The minimum Gasteiger partial charge on any atom is -0.367 e. The Bertz CT molecular complexity index is 918. The SMILES string of the molecule is Cc1cc(C)nc(C2CN(C(=O)c3cnn4cccnc34)CCO2)n1. The lowest BCUT2D eigenvalue weighted by Crippen LogP contribution is -2.42. The van der Waals surface area contributed by atoms with Crippen molar-refractivity contribution in [1.82, 2.24) is 29.5 Å². The number of nitrogens with zero attached hydrogens (tertiary/aromatic N) is 6. The van der Waals surface area contributed by atoms with E-state index in [4.69, 9.17) is 4.74 Å². The zero-order valence-corrected chi connectivity index (χ0v) is 14.1. The molecule has 25 heavy (non-hydrogen) atoms. The molecule has 0 bridgehead atoms. The van der Waals surface area contributed by atoms with Crippen LogP contribution in [0.4, 0.5) is 0 Å². The minimum absolute atomic E-state index is 0.105. The quantitative estimate of drug-likeness (QED) is 0.701. The van der Waals surface area contributed by atoms with E-state index < -0.39 is 0 Å². The van der Waals surface area contributed by atoms with Gasteiger partial charge in [0, 0.05) is 30.3 Å². The lowest BCUT2D eigenvalue weighted by molar-refractivity contribution is -0.0268. The van der Waals surface area contributed by atoms with Gasteiger partial charge in [0.25, 0.3) is 5.91 Å². The summed E-state index contributed by atoms with van der Waals surface area (Å²) >= 11 is 0. The van der Waals surface area contributed by atoms with E-state index in [-0.39, 0.29) is 12.0 Å². The van der Waals surface area contributed by atoms with Crippen molar-refractivity contribution in [2.75, 3.05) is 19.7 Å². The molecule has 0 aliphatic carbocycles. The summed E-state index contributed by atoms with van der Waals surface area (Å²) in [6.07, 6.45) is 4.65. The molecule has 8 nitrogen and oxygen atoms in total. The van der Waals surface area contributed by atoms with Gasteiger partial charge in [-0.15, -0.1) is 0 Å². The third-order valence-corrected chi connectivity index (χ3v) is 4.15. The Kier molecular flexibility index (Phi) is 3.89. The van der Waals surface area contributed by atoms with Gasteiger partial charge in [-0.05, 0) is 26.0 Å². The van der Waals surface area contributed by atoms with Crippen LogP contribution in [0, 0.1) is 13.8 Å². The van der Waals surface area contributed by atoms with E-state index in [1.54, 1.807) is 34.1 Å². The first-order valence-electron chi connectivity index (χ1n) is 8.13. The van der Waals surface area contributed by atoms with Crippen molar-refractivity contribution in [3.8, 4) is 0 Å². The summed E-state index contributed by atoms with van der Waals surface area (Å²) in [5.74, 6) is 0.513. The van der Waals surface area contributed by atoms with Gasteiger partial charge in [0.15, 0.2) is 11.5 Å². The number of aromatic nitrogens is 5. The van der Waals surface area contributed by atoms with Crippen LogP contribution in [0.5, 0.6) is 0 Å². The molecule has 0 aromatic carbocycles. The highest BCUT2D eigenvalue weighted by atomic mass is 16.5. The van der Waals surface area contributed by atoms with Crippen molar-refractivity contribution in [3.05, 3.63) is 53.5 Å². The Morgan fingerprint density at radius 1 is 1.28 bits per heavy atom. The first-order chi connectivity index (χ1) is 12.1. The molecule has 3 aromatic heterocycles. The molecule has 3 aromatic rings. The number of amides is 1. The lowest BCUT2D eigenvalue weighted by atomic mass is 10.2. The van der Waals surface area contributed by atoms with E-state index in [1.807, 2.05) is 19.9 Å². The van der Waals surface area contributed by atoms with E-state index >= 15 is 0 Å². The number of carbonyl (C=O) groups excluding carboxylic acids is 1. The topological polar surface area (TPSA) is 85.5 Å². The number of fused-ring (bicyclic) bond motifs is 1. The van der Waals surface area contributed by atoms with E-state index in [1.165, 1.54) is 0 Å². The largest absolute Gasteiger partial charge is 0.367 e. The van der Waals surface area contributed by atoms with Crippen molar-refractivity contribution in [3.63, 3.8) is 0 Å². The summed E-state index contributed by atoms with van der Waals surface area (Å²) in [6, 6.07) is 3.69. The van der Waals surface area contributed by atoms with Crippen LogP contribution in [0.15, 0.2) is 30.7 Å². The third kappa shape index (κ3) is 2.96. The predicted molar refractivity (Wildman–Crippen MR) is 89.1 cm³/mol. The summed E-state index contributed by atoms with van der Waals surface area (Å²) in [6.45, 7) is 5.22. The molecule has 1 aliphatic rings. The predicted octanol–water partition coefficient (Wildman–Crippen LogP) is 1.35. The number of ether oxygens (including phenoxy) is 1. The Balaban J connectivity index is 1.59. The van der Waals surface area contributed by atoms with Gasteiger partial charge in [-0.1, -0.05) is 0 Å². The molecule has 0 N–H and O–H groups in total. The molecular formula is C17H18N6O2. The fourth-order valence-electron chi connectivity index (χ4n) is 3.04. The second-order valence-electron chi connectivity index (χ2n) is 6.07. The van der Waals surface area contributed by atoms with Crippen LogP contribution in [0.3, 0.4) is 0 Å². The molecule has 1 amide bonds. The molecule has 1 fully saturated rings. The smallest absolute Gasteiger partial charge is 0.259 e. The molecule has 0 spiro atoms. The summed E-state index contributed by atoms with van der Waals surface area (Å²) in [5, 5.41) is 4.19. The maximum absolute atomic E-state index is 12.9. The Morgan fingerprint density at radius 3 is 2.88 bits per heavy atom. The molecule has 128 valence electrons. The molecule has 0 radical (unpaired) electrons. The zero-order valence-electron chi connectivity index (χ0n) is 14.1. The van der Waals surface area contributed by atoms with Gasteiger partial charge in [0.2, 0.25) is 0 Å². The summed E-state index contributed by atoms with van der Waals surface area (Å²) < 4.78 is 7.40. The molecule has 4 rings (SSSR count).